The highest BCUT2D eigenvalue weighted by molar-refractivity contribution is 7.08. The fraction of sp³-hybridized carbons (Fsp3) is 0.143. The summed E-state index contributed by atoms with van der Waals surface area (Å²) in [7, 11) is 0. The van der Waals surface area contributed by atoms with Gasteiger partial charge in [0.25, 0.3) is 0 Å². The van der Waals surface area contributed by atoms with Crippen LogP contribution < -0.4 is 0 Å². The molecule has 4 aromatic rings. The van der Waals surface area contributed by atoms with E-state index >= 15 is 0 Å². The largest absolute Gasteiger partial charge is 0.303 e. The summed E-state index contributed by atoms with van der Waals surface area (Å²) in [4.78, 5) is 17.5. The van der Waals surface area contributed by atoms with E-state index in [-0.39, 0.29) is 5.78 Å². The van der Waals surface area contributed by atoms with Gasteiger partial charge in [0.2, 0.25) is 0 Å². The van der Waals surface area contributed by atoms with Crippen molar-refractivity contribution in [1.82, 2.24) is 9.38 Å². The third kappa shape index (κ3) is 3.01. The Kier molecular flexibility index (Phi) is 3.98. The zero-order valence-corrected chi connectivity index (χ0v) is 15.0. The van der Waals surface area contributed by atoms with Gasteiger partial charge in [-0.3, -0.25) is 4.79 Å². The number of benzene rings is 1. The van der Waals surface area contributed by atoms with E-state index in [1.807, 2.05) is 29.0 Å². The van der Waals surface area contributed by atoms with Gasteiger partial charge in [-0.15, -0.1) is 0 Å². The average molecular weight is 346 g/mol. The Balaban J connectivity index is 1.86. The van der Waals surface area contributed by atoms with Gasteiger partial charge in [-0.2, -0.15) is 11.3 Å². The summed E-state index contributed by atoms with van der Waals surface area (Å²) in [5.74, 6) is 0.123. The molecule has 0 saturated heterocycles. The molecule has 0 atom stereocenters. The molecular weight excluding hydrogens is 328 g/mol. The van der Waals surface area contributed by atoms with Crippen LogP contribution in [0.25, 0.3) is 16.9 Å². The topological polar surface area (TPSA) is 34.4 Å². The van der Waals surface area contributed by atoms with Crippen LogP contribution in [-0.4, -0.2) is 15.2 Å². The van der Waals surface area contributed by atoms with Crippen LogP contribution in [0.1, 0.15) is 27.2 Å². The molecule has 0 aliphatic rings. The smallest absolute Gasteiger partial charge is 0.169 e. The lowest BCUT2D eigenvalue weighted by atomic mass is 10.0. The van der Waals surface area contributed by atoms with E-state index in [9.17, 15) is 4.79 Å². The molecule has 0 saturated carbocycles. The number of carbonyl (C=O) groups is 1. The molecule has 0 radical (unpaired) electrons. The first-order chi connectivity index (χ1) is 12.1. The minimum absolute atomic E-state index is 0.123. The number of fused-ring (bicyclic) bond motifs is 1. The van der Waals surface area contributed by atoms with Crippen LogP contribution in [0.2, 0.25) is 0 Å². The highest BCUT2D eigenvalue weighted by atomic mass is 32.1. The second kappa shape index (κ2) is 6.30. The molecule has 0 bridgehead atoms. The van der Waals surface area contributed by atoms with Gasteiger partial charge in [-0.1, -0.05) is 35.9 Å². The predicted octanol–water partition coefficient (Wildman–Crippen LogP) is 5.11. The van der Waals surface area contributed by atoms with Crippen LogP contribution in [0, 0.1) is 13.8 Å². The van der Waals surface area contributed by atoms with Crippen molar-refractivity contribution in [2.75, 3.05) is 0 Å². The summed E-state index contributed by atoms with van der Waals surface area (Å²) >= 11 is 1.55. The van der Waals surface area contributed by atoms with Crippen molar-refractivity contribution < 1.29 is 4.79 Å². The molecule has 0 amide bonds. The van der Waals surface area contributed by atoms with Crippen LogP contribution in [0.4, 0.5) is 0 Å². The second-order valence-corrected chi connectivity index (χ2v) is 7.10. The van der Waals surface area contributed by atoms with Gasteiger partial charge in [-0.25, -0.2) is 4.98 Å². The second-order valence-electron chi connectivity index (χ2n) is 6.32. The molecular formula is C21H18N2OS. The molecule has 1 aromatic carbocycles. The predicted molar refractivity (Wildman–Crippen MR) is 102 cm³/mol. The van der Waals surface area contributed by atoms with Crippen LogP contribution in [-0.2, 0) is 6.42 Å². The number of ketones is 1. The van der Waals surface area contributed by atoms with Gasteiger partial charge in [0.05, 0.1) is 17.8 Å². The van der Waals surface area contributed by atoms with Crippen LogP contribution >= 0.6 is 11.3 Å². The number of hydrogen-bond acceptors (Lipinski definition) is 3. The number of aryl methyl sites for hydroxylation is 2. The Labute approximate surface area is 150 Å². The first-order valence-corrected chi connectivity index (χ1v) is 9.16. The number of Topliss-reactive ketones (excluding diaryl/α,β-unsaturated/α-hetero) is 1. The minimum atomic E-state index is 0.123. The van der Waals surface area contributed by atoms with Crippen LogP contribution in [0.3, 0.4) is 0 Å². The summed E-state index contributed by atoms with van der Waals surface area (Å²) < 4.78 is 2.05. The third-order valence-corrected chi connectivity index (χ3v) is 5.04. The fourth-order valence-electron chi connectivity index (χ4n) is 2.99. The normalized spacial score (nSPS) is 11.1. The molecule has 4 rings (SSSR count). The van der Waals surface area contributed by atoms with Crippen molar-refractivity contribution in [3.8, 4) is 11.3 Å². The number of hydrogen-bond donors (Lipinski definition) is 0. The standard InChI is InChI=1S/C21H18N2OS/c1-14-3-6-16(7-4-14)21-18(11-19(24)17-9-10-25-13-17)23-12-15(2)5-8-20(23)22-21/h3-10,12-13H,11H2,1-2H3. The van der Waals surface area contributed by atoms with Crippen molar-refractivity contribution in [2.24, 2.45) is 0 Å². The quantitative estimate of drug-likeness (QED) is 0.482. The molecule has 0 aliphatic heterocycles. The number of pyridine rings is 1. The van der Waals surface area contributed by atoms with E-state index in [4.69, 9.17) is 4.98 Å². The van der Waals surface area contributed by atoms with Crippen LogP contribution in [0.5, 0.6) is 0 Å². The Hall–Kier alpha value is -2.72. The lowest BCUT2D eigenvalue weighted by Crippen LogP contribution is -2.06. The monoisotopic (exact) mass is 346 g/mol. The van der Waals surface area contributed by atoms with Gasteiger partial charge < -0.3 is 4.40 Å². The third-order valence-electron chi connectivity index (χ3n) is 4.36. The van der Waals surface area contributed by atoms with Crippen LogP contribution in [0.15, 0.2) is 59.4 Å². The maximum Gasteiger partial charge on any atom is 0.169 e. The Bertz CT molecular complexity index is 1040. The lowest BCUT2D eigenvalue weighted by Gasteiger charge is -2.06. The van der Waals surface area contributed by atoms with Crippen molar-refractivity contribution >= 4 is 22.8 Å². The highest BCUT2D eigenvalue weighted by Crippen LogP contribution is 2.27. The van der Waals surface area contributed by atoms with E-state index in [2.05, 4.69) is 48.7 Å². The molecule has 25 heavy (non-hydrogen) atoms. The Morgan fingerprint density at radius 1 is 1.04 bits per heavy atom. The van der Waals surface area contributed by atoms with Crippen molar-refractivity contribution in [3.05, 3.63) is 81.8 Å². The molecule has 0 spiro atoms. The molecule has 3 nitrogen and oxygen atoms in total. The molecule has 4 heteroatoms. The van der Waals surface area contributed by atoms with Gasteiger partial charge in [0.1, 0.15) is 5.65 Å². The Morgan fingerprint density at radius 3 is 2.52 bits per heavy atom. The van der Waals surface area contributed by atoms with Crippen molar-refractivity contribution in [2.45, 2.75) is 20.3 Å². The van der Waals surface area contributed by atoms with Gasteiger partial charge in [0.15, 0.2) is 5.78 Å². The highest BCUT2D eigenvalue weighted by Gasteiger charge is 2.18. The zero-order chi connectivity index (χ0) is 17.4. The van der Waals surface area contributed by atoms with Gasteiger partial charge in [-0.05, 0) is 36.9 Å². The summed E-state index contributed by atoms with van der Waals surface area (Å²) in [5.41, 5.74) is 6.86. The molecule has 0 N–H and O–H groups in total. The minimum Gasteiger partial charge on any atom is -0.303 e. The number of nitrogens with zero attached hydrogens (tertiary/aromatic N) is 2. The summed E-state index contributed by atoms with van der Waals surface area (Å²) in [5, 5.41) is 3.84. The molecule has 124 valence electrons. The summed E-state index contributed by atoms with van der Waals surface area (Å²) in [6.45, 7) is 4.12. The van der Waals surface area contributed by atoms with E-state index < -0.39 is 0 Å². The first kappa shape index (κ1) is 15.8. The van der Waals surface area contributed by atoms with Crippen molar-refractivity contribution in [1.29, 1.82) is 0 Å². The maximum absolute atomic E-state index is 12.7. The number of imidazole rings is 1. The lowest BCUT2D eigenvalue weighted by molar-refractivity contribution is 0.0992. The van der Waals surface area contributed by atoms with Gasteiger partial charge in [0, 0.05) is 22.7 Å². The average Bonchev–Trinajstić information content (AvgIpc) is 3.24. The van der Waals surface area contributed by atoms with E-state index in [1.54, 1.807) is 11.3 Å². The Morgan fingerprint density at radius 2 is 1.80 bits per heavy atom. The molecule has 3 aromatic heterocycles. The molecule has 0 unspecified atom stereocenters. The molecule has 0 fully saturated rings. The number of thiophene rings is 1. The SMILES string of the molecule is Cc1ccc(-c2nc3ccc(C)cn3c2CC(=O)c2ccsc2)cc1. The maximum atomic E-state index is 12.7. The number of aromatic nitrogens is 2. The molecule has 0 aliphatic carbocycles. The van der Waals surface area contributed by atoms with Gasteiger partial charge >= 0.3 is 0 Å². The van der Waals surface area contributed by atoms with E-state index in [0.29, 0.717) is 6.42 Å². The van der Waals surface area contributed by atoms with Crippen molar-refractivity contribution in [3.63, 3.8) is 0 Å². The molecule has 3 heterocycles. The summed E-state index contributed by atoms with van der Waals surface area (Å²) in [6.07, 6.45) is 2.39. The zero-order valence-electron chi connectivity index (χ0n) is 14.2. The summed E-state index contributed by atoms with van der Waals surface area (Å²) in [6, 6.07) is 14.2. The number of carbonyl (C=O) groups excluding carboxylic acids is 1. The fourth-order valence-corrected chi connectivity index (χ4v) is 3.65. The number of rotatable bonds is 4. The first-order valence-electron chi connectivity index (χ1n) is 8.22. The van der Waals surface area contributed by atoms with E-state index in [1.165, 1.54) is 5.56 Å². The van der Waals surface area contributed by atoms with E-state index in [0.717, 1.165) is 33.7 Å².